The number of nitro groups is 1. The van der Waals surface area contributed by atoms with Gasteiger partial charge in [-0.05, 0) is 42.5 Å². The fourth-order valence-corrected chi connectivity index (χ4v) is 5.20. The van der Waals surface area contributed by atoms with Crippen molar-refractivity contribution in [2.75, 3.05) is 18.0 Å². The van der Waals surface area contributed by atoms with Crippen LogP contribution < -0.4 is 15.0 Å². The molecule has 2 N–H and O–H groups in total. The van der Waals surface area contributed by atoms with E-state index in [-0.39, 0.29) is 34.6 Å². The summed E-state index contributed by atoms with van der Waals surface area (Å²) in [6, 6.07) is 13.1. The highest BCUT2D eigenvalue weighted by Gasteiger charge is 2.26. The third-order valence-electron chi connectivity index (χ3n) is 7.86. The highest BCUT2D eigenvalue weighted by molar-refractivity contribution is 6.09. The first kappa shape index (κ1) is 34.4. The Balaban J connectivity index is 1.92. The number of carbonyl (C=O) groups excluding carboxylic acids is 2. The Morgan fingerprint density at radius 2 is 1.59 bits per heavy atom. The molecule has 3 aromatic rings. The number of anilines is 1. The van der Waals surface area contributed by atoms with Crippen molar-refractivity contribution in [2.45, 2.75) is 97.8 Å². The number of hydrogen-bond acceptors (Lipinski definition) is 6. The van der Waals surface area contributed by atoms with Crippen LogP contribution in [-0.4, -0.2) is 35.1 Å². The average Bonchev–Trinajstić information content (AvgIpc) is 3.00. The molecule has 0 fully saturated rings. The summed E-state index contributed by atoms with van der Waals surface area (Å²) in [6.07, 6.45) is 9.65. The number of unbranched alkanes of at least 4 members (excludes halogenated alkanes) is 8. The normalized spacial score (nSPS) is 11.1. The summed E-state index contributed by atoms with van der Waals surface area (Å²) in [5, 5.41) is 26.8. The minimum atomic E-state index is -0.748. The van der Waals surface area contributed by atoms with E-state index in [2.05, 4.69) is 12.2 Å². The molecule has 0 aliphatic heterocycles. The van der Waals surface area contributed by atoms with Gasteiger partial charge in [0.15, 0.2) is 0 Å². The molecule has 0 atom stereocenters. The fourth-order valence-electron chi connectivity index (χ4n) is 5.20. The van der Waals surface area contributed by atoms with Crippen LogP contribution in [-0.2, 0) is 0 Å². The Hall–Kier alpha value is -4.14. The van der Waals surface area contributed by atoms with Crippen LogP contribution in [0.15, 0.2) is 48.5 Å². The van der Waals surface area contributed by atoms with Crippen molar-refractivity contribution >= 4 is 34.1 Å². The van der Waals surface area contributed by atoms with Crippen LogP contribution in [0.2, 0.25) is 0 Å². The van der Waals surface area contributed by atoms with Crippen molar-refractivity contribution < 1.29 is 24.4 Å². The number of nitrogens with one attached hydrogen (secondary N) is 1. The van der Waals surface area contributed by atoms with Gasteiger partial charge in [0.05, 0.1) is 16.2 Å². The number of carbonyl (C=O) groups is 2. The third kappa shape index (κ3) is 9.18. The summed E-state index contributed by atoms with van der Waals surface area (Å²) >= 11 is 0. The van der Waals surface area contributed by atoms with Crippen LogP contribution in [0.25, 0.3) is 10.8 Å². The first-order valence-corrected chi connectivity index (χ1v) is 16.0. The Morgan fingerprint density at radius 1 is 0.909 bits per heavy atom. The molecular weight excluding hydrogens is 558 g/mol. The summed E-state index contributed by atoms with van der Waals surface area (Å²) in [6.45, 7) is 8.93. The molecule has 0 spiro atoms. The molecule has 3 rings (SSSR count). The van der Waals surface area contributed by atoms with E-state index in [4.69, 9.17) is 4.74 Å². The number of aromatic hydroxyl groups is 1. The molecule has 3 aromatic carbocycles. The largest absolute Gasteiger partial charge is 0.506 e. The Morgan fingerprint density at radius 3 is 2.25 bits per heavy atom. The van der Waals surface area contributed by atoms with Gasteiger partial charge in [0.2, 0.25) is 5.75 Å². The molecule has 0 saturated heterocycles. The number of amides is 2. The molecule has 0 saturated carbocycles. The third-order valence-corrected chi connectivity index (χ3v) is 7.86. The number of fused-ring (bicyclic) bond motifs is 1. The first-order chi connectivity index (χ1) is 21.2. The molecule has 0 unspecified atom stereocenters. The van der Waals surface area contributed by atoms with Crippen molar-refractivity contribution in [2.24, 2.45) is 0 Å². The van der Waals surface area contributed by atoms with Crippen LogP contribution in [0.3, 0.4) is 0 Å². The zero-order valence-corrected chi connectivity index (χ0v) is 26.6. The predicted molar refractivity (Wildman–Crippen MR) is 176 cm³/mol. The van der Waals surface area contributed by atoms with Gasteiger partial charge in [-0.25, -0.2) is 4.79 Å². The van der Waals surface area contributed by atoms with Crippen LogP contribution >= 0.6 is 0 Å². The van der Waals surface area contributed by atoms with Crippen molar-refractivity contribution in [3.63, 3.8) is 0 Å². The van der Waals surface area contributed by atoms with Gasteiger partial charge >= 0.3 is 11.8 Å². The topological polar surface area (TPSA) is 122 Å². The summed E-state index contributed by atoms with van der Waals surface area (Å²) in [4.78, 5) is 39.3. The summed E-state index contributed by atoms with van der Waals surface area (Å²) < 4.78 is 5.70. The lowest BCUT2D eigenvalue weighted by Gasteiger charge is -2.24. The number of benzene rings is 3. The molecule has 44 heavy (non-hydrogen) atoms. The number of hydrogen-bond donors (Lipinski definition) is 2. The standard InChI is InChI=1S/C35H47N3O6/c1-5-7-9-10-11-12-13-14-23-37(35(41)44-32-21-18-26(25(3)4)24-31(32)38(42)43)30-17-15-16-28-27(30)19-20-29(33(28)39)34(40)36-22-8-6-2/h15-21,24-25,39H,5-14,22-23H2,1-4H3,(H,36,40). The second kappa shape index (κ2) is 17.2. The minimum absolute atomic E-state index is 0.0684. The van der Waals surface area contributed by atoms with Crippen molar-refractivity contribution in [3.05, 3.63) is 69.8 Å². The van der Waals surface area contributed by atoms with Crippen LogP contribution in [0, 0.1) is 10.1 Å². The van der Waals surface area contributed by atoms with E-state index >= 15 is 0 Å². The van der Waals surface area contributed by atoms with Gasteiger partial charge in [-0.15, -0.1) is 0 Å². The van der Waals surface area contributed by atoms with Gasteiger partial charge in [-0.2, -0.15) is 0 Å². The Kier molecular flexibility index (Phi) is 13.5. The van der Waals surface area contributed by atoms with Crippen LogP contribution in [0.5, 0.6) is 11.5 Å². The maximum absolute atomic E-state index is 13.7. The lowest BCUT2D eigenvalue weighted by Crippen LogP contribution is -2.34. The second-order valence-corrected chi connectivity index (χ2v) is 11.6. The predicted octanol–water partition coefficient (Wildman–Crippen LogP) is 9.25. The molecule has 0 bridgehead atoms. The monoisotopic (exact) mass is 605 g/mol. The summed E-state index contributed by atoms with van der Waals surface area (Å²) in [5.41, 5.74) is 1.14. The maximum atomic E-state index is 13.7. The Labute approximate surface area is 260 Å². The number of ether oxygens (including phenoxy) is 1. The molecule has 0 aliphatic rings. The van der Waals surface area contributed by atoms with Gasteiger partial charge in [-0.3, -0.25) is 19.8 Å². The molecule has 0 aromatic heterocycles. The zero-order valence-electron chi connectivity index (χ0n) is 26.6. The van der Waals surface area contributed by atoms with E-state index in [1.54, 1.807) is 36.4 Å². The van der Waals surface area contributed by atoms with Gasteiger partial charge in [0.1, 0.15) is 5.75 Å². The average molecular weight is 606 g/mol. The van der Waals surface area contributed by atoms with Gasteiger partial charge in [0.25, 0.3) is 5.91 Å². The molecular formula is C35H47N3O6. The van der Waals surface area contributed by atoms with Gasteiger partial charge in [0, 0.05) is 29.9 Å². The van der Waals surface area contributed by atoms with Crippen molar-refractivity contribution in [3.8, 4) is 11.5 Å². The smallest absolute Gasteiger partial charge is 0.420 e. The Bertz CT molecular complexity index is 1420. The SMILES string of the molecule is CCCCCCCCCCN(C(=O)Oc1ccc(C(C)C)cc1[N+](=O)[O-])c1cccc2c(O)c(C(=O)NCCCC)ccc12. The van der Waals surface area contributed by atoms with Crippen LogP contribution in [0.1, 0.15) is 114 Å². The van der Waals surface area contributed by atoms with E-state index in [0.717, 1.165) is 37.7 Å². The minimum Gasteiger partial charge on any atom is -0.506 e. The highest BCUT2D eigenvalue weighted by Crippen LogP contribution is 2.36. The quantitative estimate of drug-likeness (QED) is 0.0898. The molecule has 9 heteroatoms. The lowest BCUT2D eigenvalue weighted by molar-refractivity contribution is -0.385. The summed E-state index contributed by atoms with van der Waals surface area (Å²) in [7, 11) is 0. The molecule has 0 radical (unpaired) electrons. The zero-order chi connectivity index (χ0) is 32.1. The van der Waals surface area contributed by atoms with Crippen molar-refractivity contribution in [1.29, 1.82) is 0 Å². The molecule has 0 aliphatic carbocycles. The van der Waals surface area contributed by atoms with Crippen LogP contribution in [0.4, 0.5) is 16.2 Å². The number of rotatable bonds is 17. The molecule has 238 valence electrons. The summed E-state index contributed by atoms with van der Waals surface area (Å²) in [5.74, 6) is -0.590. The van der Waals surface area contributed by atoms with E-state index in [1.807, 2.05) is 20.8 Å². The molecule has 2 amide bonds. The van der Waals surface area contributed by atoms with E-state index in [0.29, 0.717) is 36.0 Å². The van der Waals surface area contributed by atoms with E-state index < -0.39 is 11.0 Å². The molecule has 0 heterocycles. The lowest BCUT2D eigenvalue weighted by atomic mass is 10.0. The van der Waals surface area contributed by atoms with Gasteiger partial charge < -0.3 is 15.2 Å². The second-order valence-electron chi connectivity index (χ2n) is 11.6. The maximum Gasteiger partial charge on any atom is 0.420 e. The fraction of sp³-hybridized carbons (Fsp3) is 0.486. The number of nitro benzene ring substituents is 1. The van der Waals surface area contributed by atoms with Crippen molar-refractivity contribution in [1.82, 2.24) is 5.32 Å². The number of phenols is 1. The number of phenolic OH excluding ortho intramolecular Hbond substituents is 1. The molecule has 9 nitrogen and oxygen atoms in total. The highest BCUT2D eigenvalue weighted by atomic mass is 16.6. The number of nitrogens with zero attached hydrogens (tertiary/aromatic N) is 2. The first-order valence-electron chi connectivity index (χ1n) is 16.0. The van der Waals surface area contributed by atoms with E-state index in [9.17, 15) is 24.8 Å². The van der Waals surface area contributed by atoms with Gasteiger partial charge in [-0.1, -0.05) is 103 Å². The van der Waals surface area contributed by atoms with E-state index in [1.165, 1.54) is 42.7 Å².